The van der Waals surface area contributed by atoms with Crippen LogP contribution in [-0.2, 0) is 4.79 Å². The van der Waals surface area contributed by atoms with Gasteiger partial charge in [-0.05, 0) is 70.5 Å². The van der Waals surface area contributed by atoms with Gasteiger partial charge >= 0.3 is 0 Å². The van der Waals surface area contributed by atoms with Crippen LogP contribution in [-0.4, -0.2) is 35.0 Å². The summed E-state index contributed by atoms with van der Waals surface area (Å²) in [6.45, 7) is 2.16. The summed E-state index contributed by atoms with van der Waals surface area (Å²) in [5.41, 5.74) is 1.20. The number of halogens is 2. The number of ether oxygens (including phenoxy) is 1. The number of carbonyl (C=O) groups is 3. The van der Waals surface area contributed by atoms with Crippen molar-refractivity contribution in [1.82, 2.24) is 4.90 Å². The summed E-state index contributed by atoms with van der Waals surface area (Å²) in [6, 6.07) is 12.2. The molecule has 0 aromatic heterocycles. The molecule has 2 aromatic carbocycles. The second kappa shape index (κ2) is 9.07. The Morgan fingerprint density at radius 1 is 1.14 bits per heavy atom. The molecule has 144 valence electrons. The van der Waals surface area contributed by atoms with E-state index in [4.69, 9.17) is 4.74 Å². The minimum absolute atomic E-state index is 0.281. The highest BCUT2D eigenvalue weighted by molar-refractivity contribution is 9.10. The maximum Gasteiger partial charge on any atom is 0.293 e. The zero-order chi connectivity index (χ0) is 20.3. The number of benzene rings is 2. The Balaban J connectivity index is 1.75. The first-order chi connectivity index (χ1) is 13.4. The number of rotatable bonds is 6. The van der Waals surface area contributed by atoms with Crippen molar-refractivity contribution in [2.45, 2.75) is 6.92 Å². The van der Waals surface area contributed by atoms with Crippen LogP contribution in [0.25, 0.3) is 6.08 Å². The highest BCUT2D eigenvalue weighted by Gasteiger charge is 2.36. The molecule has 0 saturated carbocycles. The van der Waals surface area contributed by atoms with Gasteiger partial charge in [0.25, 0.3) is 11.1 Å². The van der Waals surface area contributed by atoms with E-state index in [1.54, 1.807) is 42.5 Å². The second-order valence-corrected chi connectivity index (χ2v) is 8.58. The molecule has 28 heavy (non-hydrogen) atoms. The van der Waals surface area contributed by atoms with E-state index in [0.717, 1.165) is 31.2 Å². The van der Waals surface area contributed by atoms with Gasteiger partial charge in [-0.1, -0.05) is 34.1 Å². The summed E-state index contributed by atoms with van der Waals surface area (Å²) < 4.78 is 7.07. The number of hydrogen-bond acceptors (Lipinski definition) is 5. The maximum atomic E-state index is 12.6. The summed E-state index contributed by atoms with van der Waals surface area (Å²) >= 11 is 7.56. The van der Waals surface area contributed by atoms with E-state index in [0.29, 0.717) is 17.9 Å². The van der Waals surface area contributed by atoms with Gasteiger partial charge in [-0.25, -0.2) is 0 Å². The van der Waals surface area contributed by atoms with Crippen LogP contribution in [0, 0.1) is 0 Å². The van der Waals surface area contributed by atoms with Gasteiger partial charge in [0, 0.05) is 10.0 Å². The molecule has 0 N–H and O–H groups in total. The molecule has 1 heterocycles. The topological polar surface area (TPSA) is 63.7 Å². The molecule has 0 bridgehead atoms. The Morgan fingerprint density at radius 3 is 2.50 bits per heavy atom. The first-order valence-electron chi connectivity index (χ1n) is 8.35. The number of carbonyl (C=O) groups excluding carboxylic acids is 3. The van der Waals surface area contributed by atoms with Crippen LogP contribution in [0.4, 0.5) is 4.79 Å². The largest absolute Gasteiger partial charge is 0.493 e. The smallest absolute Gasteiger partial charge is 0.293 e. The minimum atomic E-state index is -0.467. The molecule has 1 aliphatic heterocycles. The quantitative estimate of drug-likeness (QED) is 0.367. The predicted octanol–water partition coefficient (Wildman–Crippen LogP) is 5.53. The van der Waals surface area contributed by atoms with Gasteiger partial charge in [-0.2, -0.15) is 0 Å². The first kappa shape index (κ1) is 20.8. The van der Waals surface area contributed by atoms with E-state index in [1.807, 2.05) is 13.0 Å². The first-order valence-corrected chi connectivity index (χ1v) is 10.8. The Labute approximate surface area is 183 Å². The third kappa shape index (κ3) is 4.74. The molecule has 0 atom stereocenters. The van der Waals surface area contributed by atoms with Gasteiger partial charge in [-0.15, -0.1) is 0 Å². The Hall–Kier alpha value is -1.90. The highest BCUT2D eigenvalue weighted by atomic mass is 79.9. The summed E-state index contributed by atoms with van der Waals surface area (Å²) in [5.74, 6) is -0.0572. The van der Waals surface area contributed by atoms with E-state index < -0.39 is 11.1 Å². The molecule has 1 saturated heterocycles. The van der Waals surface area contributed by atoms with E-state index in [2.05, 4.69) is 31.9 Å². The zero-order valence-electron chi connectivity index (χ0n) is 14.8. The number of amides is 2. The fraction of sp³-hybridized carbons (Fsp3) is 0.150. The standard InChI is InChI=1S/C20H15Br2NO4S/c1-2-27-17-8-3-12(9-15(17)22)10-18-19(25)23(20(26)28-18)11-16(24)13-4-6-14(21)7-5-13/h3-10H,2,11H2,1H3/b18-10-. The molecule has 1 fully saturated rings. The lowest BCUT2D eigenvalue weighted by Gasteiger charge is -2.11. The van der Waals surface area contributed by atoms with Crippen LogP contribution in [0.3, 0.4) is 0 Å². The lowest BCUT2D eigenvalue weighted by atomic mass is 10.1. The van der Waals surface area contributed by atoms with Gasteiger partial charge in [0.2, 0.25) is 0 Å². The molecular weight excluding hydrogens is 510 g/mol. The summed E-state index contributed by atoms with van der Waals surface area (Å²) in [5, 5.41) is -0.452. The Morgan fingerprint density at radius 2 is 1.86 bits per heavy atom. The molecule has 0 spiro atoms. The lowest BCUT2D eigenvalue weighted by Crippen LogP contribution is -2.33. The van der Waals surface area contributed by atoms with E-state index in [9.17, 15) is 14.4 Å². The van der Waals surface area contributed by atoms with Gasteiger partial charge < -0.3 is 4.74 Å². The molecule has 1 aliphatic rings. The molecule has 0 aliphatic carbocycles. The number of ketones is 1. The Kier molecular flexibility index (Phi) is 6.74. The van der Waals surface area contributed by atoms with Gasteiger partial charge in [-0.3, -0.25) is 19.3 Å². The van der Waals surface area contributed by atoms with Gasteiger partial charge in [0.05, 0.1) is 22.5 Å². The van der Waals surface area contributed by atoms with Gasteiger partial charge in [0.1, 0.15) is 5.75 Å². The van der Waals surface area contributed by atoms with Crippen molar-refractivity contribution in [1.29, 1.82) is 0 Å². The van der Waals surface area contributed by atoms with Crippen molar-refractivity contribution >= 4 is 66.6 Å². The fourth-order valence-corrected chi connectivity index (χ4v) is 4.15. The van der Waals surface area contributed by atoms with Crippen LogP contribution in [0.2, 0.25) is 0 Å². The van der Waals surface area contributed by atoms with Gasteiger partial charge in [0.15, 0.2) is 5.78 Å². The number of imide groups is 1. The summed E-state index contributed by atoms with van der Waals surface area (Å²) in [4.78, 5) is 38.5. The molecule has 2 amide bonds. The molecular formula is C20H15Br2NO4S. The average molecular weight is 525 g/mol. The highest BCUT2D eigenvalue weighted by Crippen LogP contribution is 2.34. The van der Waals surface area contributed by atoms with Crippen LogP contribution >= 0.6 is 43.6 Å². The monoisotopic (exact) mass is 523 g/mol. The maximum absolute atomic E-state index is 12.6. The van der Waals surface area contributed by atoms with Crippen molar-refractivity contribution in [3.8, 4) is 5.75 Å². The lowest BCUT2D eigenvalue weighted by molar-refractivity contribution is -0.122. The normalized spacial score (nSPS) is 15.4. The molecule has 0 radical (unpaired) electrons. The van der Waals surface area contributed by atoms with Crippen LogP contribution < -0.4 is 4.74 Å². The van der Waals surface area contributed by atoms with Crippen molar-refractivity contribution in [2.24, 2.45) is 0 Å². The minimum Gasteiger partial charge on any atom is -0.493 e. The molecule has 5 nitrogen and oxygen atoms in total. The number of thioether (sulfide) groups is 1. The summed E-state index contributed by atoms with van der Waals surface area (Å²) in [7, 11) is 0. The molecule has 2 aromatic rings. The predicted molar refractivity (Wildman–Crippen MR) is 116 cm³/mol. The SMILES string of the molecule is CCOc1ccc(/C=C2\SC(=O)N(CC(=O)c3ccc(Br)cc3)C2=O)cc1Br. The molecule has 0 unspecified atom stereocenters. The Bertz CT molecular complexity index is 973. The number of Topliss-reactive ketones (excluding diaryl/α,β-unsaturated/α-hetero) is 1. The van der Waals surface area contributed by atoms with Crippen molar-refractivity contribution in [3.05, 3.63) is 67.4 Å². The number of hydrogen-bond donors (Lipinski definition) is 0. The summed E-state index contributed by atoms with van der Waals surface area (Å²) in [6.07, 6.45) is 1.63. The average Bonchev–Trinajstić information content (AvgIpc) is 2.92. The van der Waals surface area contributed by atoms with Crippen LogP contribution in [0.15, 0.2) is 56.3 Å². The third-order valence-electron chi connectivity index (χ3n) is 3.90. The zero-order valence-corrected chi connectivity index (χ0v) is 18.8. The molecule has 8 heteroatoms. The number of nitrogens with zero attached hydrogens (tertiary/aromatic N) is 1. The van der Waals surface area contributed by atoms with Crippen LogP contribution in [0.1, 0.15) is 22.8 Å². The molecule has 3 rings (SSSR count). The van der Waals surface area contributed by atoms with Crippen LogP contribution in [0.5, 0.6) is 5.75 Å². The third-order valence-corrected chi connectivity index (χ3v) is 5.95. The second-order valence-electron chi connectivity index (χ2n) is 5.82. The van der Waals surface area contributed by atoms with Crippen molar-refractivity contribution < 1.29 is 19.1 Å². The van der Waals surface area contributed by atoms with Crippen molar-refractivity contribution in [2.75, 3.05) is 13.2 Å². The van der Waals surface area contributed by atoms with E-state index >= 15 is 0 Å². The van der Waals surface area contributed by atoms with Crippen molar-refractivity contribution in [3.63, 3.8) is 0 Å². The van der Waals surface area contributed by atoms with E-state index in [-0.39, 0.29) is 17.2 Å². The van der Waals surface area contributed by atoms with E-state index in [1.165, 1.54) is 0 Å². The fourth-order valence-electron chi connectivity index (χ4n) is 2.54.